The molecule has 98 valence electrons. The molecule has 0 aromatic heterocycles. The summed E-state index contributed by atoms with van der Waals surface area (Å²) in [4.78, 5) is 0.105. The van der Waals surface area contributed by atoms with Crippen LogP contribution in [0.4, 0.5) is 4.39 Å². The SMILES string of the molecule is Cc1ccc(F)c(Oc2cccc(Cl)c2C(N)=S)c1. The molecule has 2 aromatic rings. The van der Waals surface area contributed by atoms with Crippen molar-refractivity contribution in [3.63, 3.8) is 0 Å². The Bertz CT molecular complexity index is 645. The topological polar surface area (TPSA) is 35.2 Å². The highest BCUT2D eigenvalue weighted by molar-refractivity contribution is 7.80. The lowest BCUT2D eigenvalue weighted by Gasteiger charge is -2.12. The van der Waals surface area contributed by atoms with Gasteiger partial charge in [-0.1, -0.05) is 36.0 Å². The van der Waals surface area contributed by atoms with Gasteiger partial charge in [0, 0.05) is 0 Å². The lowest BCUT2D eigenvalue weighted by molar-refractivity contribution is 0.441. The maximum Gasteiger partial charge on any atom is 0.165 e. The van der Waals surface area contributed by atoms with E-state index < -0.39 is 5.82 Å². The molecule has 19 heavy (non-hydrogen) atoms. The number of nitrogens with two attached hydrogens (primary N) is 1. The summed E-state index contributed by atoms with van der Waals surface area (Å²) < 4.78 is 19.2. The van der Waals surface area contributed by atoms with Gasteiger partial charge in [-0.15, -0.1) is 0 Å². The van der Waals surface area contributed by atoms with Crippen molar-refractivity contribution in [1.29, 1.82) is 0 Å². The smallest absolute Gasteiger partial charge is 0.165 e. The van der Waals surface area contributed by atoms with Crippen molar-refractivity contribution in [1.82, 2.24) is 0 Å². The lowest BCUT2D eigenvalue weighted by Crippen LogP contribution is -2.11. The minimum Gasteiger partial charge on any atom is -0.453 e. The Hall–Kier alpha value is -1.65. The van der Waals surface area contributed by atoms with Gasteiger partial charge in [0.2, 0.25) is 0 Å². The van der Waals surface area contributed by atoms with Gasteiger partial charge in [0.15, 0.2) is 11.6 Å². The third-order valence-electron chi connectivity index (χ3n) is 2.53. The van der Waals surface area contributed by atoms with E-state index in [1.54, 1.807) is 30.3 Å². The van der Waals surface area contributed by atoms with Gasteiger partial charge in [0.05, 0.1) is 10.6 Å². The third kappa shape index (κ3) is 3.03. The molecule has 0 unspecified atom stereocenters. The molecule has 0 radical (unpaired) electrons. The van der Waals surface area contributed by atoms with Crippen LogP contribution < -0.4 is 10.5 Å². The molecule has 2 N–H and O–H groups in total. The summed E-state index contributed by atoms with van der Waals surface area (Å²) in [7, 11) is 0. The van der Waals surface area contributed by atoms with Crippen molar-refractivity contribution < 1.29 is 9.13 Å². The average molecular weight is 296 g/mol. The zero-order valence-corrected chi connectivity index (χ0v) is 11.7. The monoisotopic (exact) mass is 295 g/mol. The molecule has 0 aliphatic carbocycles. The molecule has 0 aliphatic rings. The fraction of sp³-hybridized carbons (Fsp3) is 0.0714. The van der Waals surface area contributed by atoms with Crippen LogP contribution in [0.15, 0.2) is 36.4 Å². The van der Waals surface area contributed by atoms with Gasteiger partial charge >= 0.3 is 0 Å². The fourth-order valence-electron chi connectivity index (χ4n) is 1.64. The highest BCUT2D eigenvalue weighted by Gasteiger charge is 2.13. The first-order chi connectivity index (χ1) is 8.99. The van der Waals surface area contributed by atoms with E-state index in [4.69, 9.17) is 34.3 Å². The molecule has 0 saturated heterocycles. The molecular formula is C14H11ClFNOS. The van der Waals surface area contributed by atoms with E-state index in [2.05, 4.69) is 0 Å². The van der Waals surface area contributed by atoms with Gasteiger partial charge in [0.1, 0.15) is 10.7 Å². The van der Waals surface area contributed by atoms with Gasteiger partial charge < -0.3 is 10.5 Å². The Labute approximate surface area is 120 Å². The minimum atomic E-state index is -0.459. The van der Waals surface area contributed by atoms with Crippen molar-refractivity contribution in [2.24, 2.45) is 5.73 Å². The number of aryl methyl sites for hydroxylation is 1. The molecule has 0 saturated carbocycles. The van der Waals surface area contributed by atoms with Crippen LogP contribution in [-0.2, 0) is 0 Å². The lowest BCUT2D eigenvalue weighted by atomic mass is 10.2. The Morgan fingerprint density at radius 1 is 1.26 bits per heavy atom. The van der Waals surface area contributed by atoms with Crippen LogP contribution >= 0.6 is 23.8 Å². The predicted molar refractivity (Wildman–Crippen MR) is 78.6 cm³/mol. The normalized spacial score (nSPS) is 10.3. The zero-order valence-electron chi connectivity index (χ0n) is 10.1. The molecule has 0 heterocycles. The second kappa shape index (κ2) is 5.55. The third-order valence-corrected chi connectivity index (χ3v) is 3.05. The number of hydrogen-bond acceptors (Lipinski definition) is 2. The average Bonchev–Trinajstić information content (AvgIpc) is 2.33. The van der Waals surface area contributed by atoms with Gasteiger partial charge in [-0.3, -0.25) is 0 Å². The molecule has 0 spiro atoms. The largest absolute Gasteiger partial charge is 0.453 e. The first-order valence-corrected chi connectivity index (χ1v) is 6.30. The molecule has 2 aromatic carbocycles. The molecule has 5 heteroatoms. The van der Waals surface area contributed by atoms with Crippen LogP contribution in [0.1, 0.15) is 11.1 Å². The fourth-order valence-corrected chi connectivity index (χ4v) is 2.17. The molecule has 0 fully saturated rings. The van der Waals surface area contributed by atoms with Crippen molar-refractivity contribution in [3.05, 3.63) is 58.4 Å². The van der Waals surface area contributed by atoms with Crippen molar-refractivity contribution in [2.45, 2.75) is 6.92 Å². The molecule has 0 atom stereocenters. The number of rotatable bonds is 3. The molecule has 2 nitrogen and oxygen atoms in total. The molecule has 0 aliphatic heterocycles. The molecule has 0 amide bonds. The van der Waals surface area contributed by atoms with Crippen molar-refractivity contribution in [3.8, 4) is 11.5 Å². The van der Waals surface area contributed by atoms with Gasteiger partial charge in [-0.25, -0.2) is 4.39 Å². The van der Waals surface area contributed by atoms with Crippen LogP contribution in [-0.4, -0.2) is 4.99 Å². The number of ether oxygens (including phenoxy) is 1. The summed E-state index contributed by atoms with van der Waals surface area (Å²) in [6, 6.07) is 9.58. The van der Waals surface area contributed by atoms with E-state index >= 15 is 0 Å². The second-order valence-corrected chi connectivity index (χ2v) is 4.86. The summed E-state index contributed by atoms with van der Waals surface area (Å²) in [6.07, 6.45) is 0. The Balaban J connectivity index is 2.46. The standard InChI is InChI=1S/C14H11ClFNOS/c1-8-5-6-10(16)12(7-8)18-11-4-2-3-9(15)13(11)14(17)19/h2-7H,1H3,(H2,17,19). The summed E-state index contributed by atoms with van der Waals surface area (Å²) in [5.74, 6) is -0.0104. The first-order valence-electron chi connectivity index (χ1n) is 5.51. The zero-order chi connectivity index (χ0) is 14.0. The van der Waals surface area contributed by atoms with E-state index in [0.29, 0.717) is 16.3 Å². The van der Waals surface area contributed by atoms with Crippen LogP contribution in [0.3, 0.4) is 0 Å². The minimum absolute atomic E-state index is 0.105. The summed E-state index contributed by atoms with van der Waals surface area (Å²) in [5.41, 5.74) is 6.90. The maximum atomic E-state index is 13.7. The highest BCUT2D eigenvalue weighted by Crippen LogP contribution is 2.32. The van der Waals surface area contributed by atoms with Gasteiger partial charge in [0.25, 0.3) is 0 Å². The van der Waals surface area contributed by atoms with Crippen molar-refractivity contribution in [2.75, 3.05) is 0 Å². The van der Waals surface area contributed by atoms with E-state index in [1.165, 1.54) is 6.07 Å². The van der Waals surface area contributed by atoms with E-state index in [-0.39, 0.29) is 10.7 Å². The second-order valence-electron chi connectivity index (χ2n) is 4.01. The van der Waals surface area contributed by atoms with Crippen LogP contribution in [0.5, 0.6) is 11.5 Å². The van der Waals surface area contributed by atoms with Gasteiger partial charge in [-0.2, -0.15) is 0 Å². The highest BCUT2D eigenvalue weighted by atomic mass is 35.5. The summed E-state index contributed by atoms with van der Waals surface area (Å²) >= 11 is 11.0. The Morgan fingerprint density at radius 3 is 2.68 bits per heavy atom. The van der Waals surface area contributed by atoms with E-state index in [0.717, 1.165) is 5.56 Å². The molecular weight excluding hydrogens is 285 g/mol. The Morgan fingerprint density at radius 2 is 2.00 bits per heavy atom. The quantitative estimate of drug-likeness (QED) is 0.861. The Kier molecular flexibility index (Phi) is 4.02. The van der Waals surface area contributed by atoms with Crippen LogP contribution in [0, 0.1) is 12.7 Å². The molecule has 0 bridgehead atoms. The maximum absolute atomic E-state index is 13.7. The first kappa shape index (κ1) is 13.8. The predicted octanol–water partition coefficient (Wildman–Crippen LogP) is 4.21. The van der Waals surface area contributed by atoms with E-state index in [1.807, 2.05) is 6.92 Å². The summed E-state index contributed by atoms with van der Waals surface area (Å²) in [5, 5.41) is 0.373. The number of hydrogen-bond donors (Lipinski definition) is 1. The van der Waals surface area contributed by atoms with E-state index in [9.17, 15) is 4.39 Å². The van der Waals surface area contributed by atoms with Crippen LogP contribution in [0.25, 0.3) is 0 Å². The summed E-state index contributed by atoms with van der Waals surface area (Å²) in [6.45, 7) is 1.85. The number of halogens is 2. The molecule has 2 rings (SSSR count). The number of benzene rings is 2. The van der Waals surface area contributed by atoms with Crippen molar-refractivity contribution >= 4 is 28.8 Å². The van der Waals surface area contributed by atoms with Gasteiger partial charge in [-0.05, 0) is 36.8 Å². The number of thiocarbonyl (C=S) groups is 1. The van der Waals surface area contributed by atoms with Crippen LogP contribution in [0.2, 0.25) is 5.02 Å².